The van der Waals surface area contributed by atoms with Crippen molar-refractivity contribution in [2.45, 2.75) is 15.9 Å². The molecule has 10 heteroatoms. The lowest BCUT2D eigenvalue weighted by atomic mass is 10.1. The number of aliphatic hydroxyl groups excluding tert-OH is 1. The molecule has 8 nitrogen and oxygen atoms in total. The Morgan fingerprint density at radius 2 is 1.32 bits per heavy atom. The summed E-state index contributed by atoms with van der Waals surface area (Å²) in [7, 11) is -6.50. The summed E-state index contributed by atoms with van der Waals surface area (Å²) in [6.07, 6.45) is 0.0656. The van der Waals surface area contributed by atoms with Gasteiger partial charge in [0, 0.05) is 17.0 Å². The van der Waals surface area contributed by atoms with Crippen LogP contribution in [0, 0.1) is 0 Å². The fourth-order valence-electron chi connectivity index (χ4n) is 4.85. The molecular formula is C30H24N2O6S2. The summed E-state index contributed by atoms with van der Waals surface area (Å²) >= 11 is 0. The number of aromatic nitrogens is 2. The summed E-state index contributed by atoms with van der Waals surface area (Å²) in [5.41, 5.74) is 1.16. The minimum absolute atomic E-state index is 0.0649. The van der Waals surface area contributed by atoms with Gasteiger partial charge in [-0.2, -0.15) is 0 Å². The van der Waals surface area contributed by atoms with Crippen molar-refractivity contribution >= 4 is 41.9 Å². The SMILES string of the molecule is COc1ccc2c(c1)cc(C(O)c1ccc3ccn(S(=O)(=O)c4ccccc4)c3c1)n2S(=O)(=O)c1ccccc1. The van der Waals surface area contributed by atoms with Crippen LogP contribution < -0.4 is 4.74 Å². The third kappa shape index (κ3) is 4.17. The number of nitrogens with zero attached hydrogens (tertiary/aromatic N) is 2. The molecule has 0 bridgehead atoms. The van der Waals surface area contributed by atoms with E-state index in [1.54, 1.807) is 84.9 Å². The third-order valence-corrected chi connectivity index (χ3v) is 10.3. The largest absolute Gasteiger partial charge is 0.497 e. The van der Waals surface area contributed by atoms with Gasteiger partial charge in [-0.25, -0.2) is 24.8 Å². The van der Waals surface area contributed by atoms with E-state index in [2.05, 4.69) is 0 Å². The molecule has 0 saturated heterocycles. The molecule has 1 atom stereocenters. The van der Waals surface area contributed by atoms with Crippen molar-refractivity contribution in [1.29, 1.82) is 0 Å². The maximum absolute atomic E-state index is 13.9. The Hall–Kier alpha value is -4.38. The summed E-state index contributed by atoms with van der Waals surface area (Å²) < 4.78 is 62.1. The van der Waals surface area contributed by atoms with E-state index in [-0.39, 0.29) is 15.5 Å². The van der Waals surface area contributed by atoms with Gasteiger partial charge in [0.25, 0.3) is 20.0 Å². The molecule has 1 unspecified atom stereocenters. The average molecular weight is 573 g/mol. The highest BCUT2D eigenvalue weighted by molar-refractivity contribution is 7.90. The third-order valence-electron chi connectivity index (χ3n) is 6.85. The standard InChI is InChI=1S/C30H24N2O6S2/c1-38-24-14-15-27-23(18-24)20-29(32(27)40(36,37)26-10-6-3-7-11-26)30(33)22-13-12-21-16-17-31(28(21)19-22)39(34,35)25-8-4-2-5-9-25/h2-20,30,33H,1H3. The molecule has 0 aliphatic carbocycles. The van der Waals surface area contributed by atoms with E-state index in [4.69, 9.17) is 4.74 Å². The summed E-state index contributed by atoms with van der Waals surface area (Å²) in [5, 5.41) is 12.9. The second-order valence-electron chi connectivity index (χ2n) is 9.23. The van der Waals surface area contributed by atoms with E-state index in [0.29, 0.717) is 33.1 Å². The van der Waals surface area contributed by atoms with Gasteiger partial charge in [-0.1, -0.05) is 48.5 Å². The molecule has 1 N–H and O–H groups in total. The summed E-state index contributed by atoms with van der Waals surface area (Å²) in [6.45, 7) is 0. The van der Waals surface area contributed by atoms with E-state index in [9.17, 15) is 21.9 Å². The molecule has 0 aliphatic heterocycles. The number of hydrogen-bond donors (Lipinski definition) is 1. The highest BCUT2D eigenvalue weighted by atomic mass is 32.2. The van der Waals surface area contributed by atoms with Crippen LogP contribution in [0.1, 0.15) is 17.4 Å². The number of ether oxygens (including phenoxy) is 1. The molecule has 0 fully saturated rings. The molecule has 0 saturated carbocycles. The lowest BCUT2D eigenvalue weighted by Crippen LogP contribution is -2.18. The topological polar surface area (TPSA) is 108 Å². The maximum Gasteiger partial charge on any atom is 0.268 e. The molecular weight excluding hydrogens is 548 g/mol. The number of methoxy groups -OCH3 is 1. The Kier molecular flexibility index (Phi) is 6.25. The second kappa shape index (κ2) is 9.67. The summed E-state index contributed by atoms with van der Waals surface area (Å²) in [4.78, 5) is 0.191. The van der Waals surface area contributed by atoms with E-state index < -0.39 is 26.2 Å². The second-order valence-corrected chi connectivity index (χ2v) is 12.8. The number of hydrogen-bond acceptors (Lipinski definition) is 6. The van der Waals surface area contributed by atoms with Gasteiger partial charge in [0.15, 0.2) is 0 Å². The van der Waals surface area contributed by atoms with Crippen LogP contribution in [0.4, 0.5) is 0 Å². The van der Waals surface area contributed by atoms with Crippen LogP contribution in [0.15, 0.2) is 125 Å². The van der Waals surface area contributed by atoms with Gasteiger partial charge >= 0.3 is 0 Å². The van der Waals surface area contributed by atoms with Crippen LogP contribution in [-0.4, -0.2) is 37.0 Å². The van der Waals surface area contributed by atoms with Crippen LogP contribution in [0.5, 0.6) is 5.75 Å². The van der Waals surface area contributed by atoms with Crippen LogP contribution in [0.2, 0.25) is 0 Å². The highest BCUT2D eigenvalue weighted by Crippen LogP contribution is 2.35. The Balaban J connectivity index is 1.54. The first-order valence-electron chi connectivity index (χ1n) is 12.3. The van der Waals surface area contributed by atoms with Gasteiger partial charge in [-0.05, 0) is 66.2 Å². The predicted molar refractivity (Wildman–Crippen MR) is 153 cm³/mol. The number of rotatable bonds is 7. The Labute approximate surface area is 231 Å². The Morgan fingerprint density at radius 3 is 1.98 bits per heavy atom. The highest BCUT2D eigenvalue weighted by Gasteiger charge is 2.28. The van der Waals surface area contributed by atoms with Crippen molar-refractivity contribution < 1.29 is 26.7 Å². The monoisotopic (exact) mass is 572 g/mol. The van der Waals surface area contributed by atoms with Gasteiger partial charge in [-0.3, -0.25) is 0 Å². The fourth-order valence-corrected chi connectivity index (χ4v) is 7.78. The molecule has 40 heavy (non-hydrogen) atoms. The number of aliphatic hydroxyl groups is 1. The Morgan fingerprint density at radius 1 is 0.675 bits per heavy atom. The zero-order chi connectivity index (χ0) is 28.1. The first-order valence-corrected chi connectivity index (χ1v) is 15.2. The van der Waals surface area contributed by atoms with Gasteiger partial charge in [0.2, 0.25) is 0 Å². The van der Waals surface area contributed by atoms with Crippen molar-refractivity contribution in [3.63, 3.8) is 0 Å². The van der Waals surface area contributed by atoms with Crippen LogP contribution in [0.3, 0.4) is 0 Å². The molecule has 4 aromatic carbocycles. The van der Waals surface area contributed by atoms with Gasteiger partial charge in [0.1, 0.15) is 11.9 Å². The predicted octanol–water partition coefficient (Wildman–Crippen LogP) is 5.16. The van der Waals surface area contributed by atoms with E-state index >= 15 is 0 Å². The van der Waals surface area contributed by atoms with Crippen molar-refractivity contribution in [3.8, 4) is 5.75 Å². The molecule has 6 rings (SSSR count). The van der Waals surface area contributed by atoms with Gasteiger partial charge in [-0.15, -0.1) is 0 Å². The van der Waals surface area contributed by atoms with Crippen molar-refractivity contribution in [3.05, 3.63) is 127 Å². The quantitative estimate of drug-likeness (QED) is 0.283. The molecule has 0 spiro atoms. The zero-order valence-corrected chi connectivity index (χ0v) is 22.9. The van der Waals surface area contributed by atoms with Crippen molar-refractivity contribution in [2.75, 3.05) is 7.11 Å². The molecule has 6 aromatic rings. The maximum atomic E-state index is 13.9. The fraction of sp³-hybridized carbons (Fsp3) is 0.0667. The normalized spacial score (nSPS) is 13.1. The van der Waals surface area contributed by atoms with Crippen LogP contribution in [-0.2, 0) is 20.0 Å². The summed E-state index contributed by atoms with van der Waals surface area (Å²) in [6, 6.07) is 29.2. The first-order chi connectivity index (χ1) is 19.2. The Bertz CT molecular complexity index is 2080. The van der Waals surface area contributed by atoms with Crippen molar-refractivity contribution in [2.24, 2.45) is 0 Å². The van der Waals surface area contributed by atoms with E-state index in [1.807, 2.05) is 0 Å². The lowest BCUT2D eigenvalue weighted by Gasteiger charge is -2.17. The average Bonchev–Trinajstić information content (AvgIpc) is 3.59. The molecule has 2 heterocycles. The summed E-state index contributed by atoms with van der Waals surface area (Å²) in [5.74, 6) is 0.535. The number of benzene rings is 4. The van der Waals surface area contributed by atoms with Gasteiger partial charge < -0.3 is 9.84 Å². The first kappa shape index (κ1) is 25.9. The molecule has 202 valence electrons. The molecule has 0 aliphatic rings. The van der Waals surface area contributed by atoms with Gasteiger partial charge in [0.05, 0.1) is 33.6 Å². The zero-order valence-electron chi connectivity index (χ0n) is 21.2. The molecule has 0 amide bonds. The van der Waals surface area contributed by atoms with Crippen molar-refractivity contribution in [1.82, 2.24) is 7.94 Å². The number of fused-ring (bicyclic) bond motifs is 2. The van der Waals surface area contributed by atoms with E-state index in [1.165, 1.54) is 37.6 Å². The lowest BCUT2D eigenvalue weighted by molar-refractivity contribution is 0.215. The molecule has 2 aromatic heterocycles. The van der Waals surface area contributed by atoms with E-state index in [0.717, 1.165) is 7.94 Å². The minimum Gasteiger partial charge on any atom is -0.497 e. The van der Waals surface area contributed by atoms with Crippen LogP contribution in [0.25, 0.3) is 21.8 Å². The smallest absolute Gasteiger partial charge is 0.268 e. The molecule has 0 radical (unpaired) electrons. The van der Waals surface area contributed by atoms with Crippen LogP contribution >= 0.6 is 0 Å². The minimum atomic E-state index is -4.11.